The van der Waals surface area contributed by atoms with Gasteiger partial charge in [0, 0.05) is 10.6 Å². The maximum atomic E-state index is 14.2. The van der Waals surface area contributed by atoms with E-state index < -0.39 is 38.7 Å². The van der Waals surface area contributed by atoms with Crippen LogP contribution in [0.3, 0.4) is 0 Å². The fourth-order valence-electron chi connectivity index (χ4n) is 2.50. The number of hydrogen-bond donors (Lipinski definition) is 1. The molecule has 0 atom stereocenters. The summed E-state index contributed by atoms with van der Waals surface area (Å²) in [6.07, 6.45) is -2.94. The van der Waals surface area contributed by atoms with Crippen molar-refractivity contribution in [2.45, 2.75) is 11.3 Å². The second-order valence-electron chi connectivity index (χ2n) is 5.46. The van der Waals surface area contributed by atoms with Gasteiger partial charge in [-0.1, -0.05) is 17.7 Å². The van der Waals surface area contributed by atoms with E-state index in [1.165, 1.54) is 18.2 Å². The van der Waals surface area contributed by atoms with E-state index >= 15 is 0 Å². The monoisotopic (exact) mass is 419 g/mol. The first-order valence-corrected chi connectivity index (χ1v) is 9.16. The van der Waals surface area contributed by atoms with Crippen LogP contribution in [-0.2, 0) is 10.0 Å². The van der Waals surface area contributed by atoms with Crippen LogP contribution in [-0.4, -0.2) is 18.2 Å². The Morgan fingerprint density at radius 3 is 2.22 bits per heavy atom. The van der Waals surface area contributed by atoms with Crippen molar-refractivity contribution in [2.24, 2.45) is 5.14 Å². The lowest BCUT2D eigenvalue weighted by Crippen LogP contribution is -2.16. The topological polar surface area (TPSA) is 78.0 Å². The summed E-state index contributed by atoms with van der Waals surface area (Å²) in [5, 5.41) is 8.82. The Morgan fingerprint density at radius 2 is 1.70 bits per heavy atom. The molecule has 0 amide bonds. The number of hydrogen-bond acceptors (Lipinski definition) is 3. The van der Waals surface area contributed by atoms with E-state index in [4.69, 9.17) is 16.7 Å². The van der Waals surface area contributed by atoms with Crippen LogP contribution >= 0.6 is 11.6 Å². The molecule has 0 aliphatic carbocycles. The van der Waals surface area contributed by atoms with Crippen molar-refractivity contribution < 1.29 is 26.0 Å². The van der Waals surface area contributed by atoms with Gasteiger partial charge in [0.2, 0.25) is 10.0 Å². The molecule has 0 saturated carbocycles. The minimum absolute atomic E-state index is 0.0914. The predicted octanol–water partition coefficient (Wildman–Crippen LogP) is 4.06. The minimum Gasteiger partial charge on any atom is -0.233 e. The van der Waals surface area contributed by atoms with Crippen LogP contribution in [0.2, 0.25) is 5.02 Å². The third-order valence-corrected chi connectivity index (χ3v) is 4.78. The van der Waals surface area contributed by atoms with Crippen LogP contribution in [0.25, 0.3) is 16.9 Å². The Bertz CT molecular complexity index is 1110. The van der Waals surface area contributed by atoms with E-state index in [2.05, 4.69) is 5.10 Å². The highest BCUT2D eigenvalue weighted by Gasteiger charge is 2.24. The number of aromatic nitrogens is 2. The molecule has 2 aromatic carbocycles. The number of rotatable bonds is 4. The first kappa shape index (κ1) is 19.3. The molecule has 11 heteroatoms. The lowest BCUT2D eigenvalue weighted by atomic mass is 10.1. The van der Waals surface area contributed by atoms with Gasteiger partial charge in [0.1, 0.15) is 17.3 Å². The molecule has 5 nitrogen and oxygen atoms in total. The van der Waals surface area contributed by atoms with Gasteiger partial charge in [-0.05, 0) is 36.4 Å². The molecule has 0 fully saturated rings. The zero-order valence-corrected chi connectivity index (χ0v) is 14.8. The molecule has 1 heterocycles. The van der Waals surface area contributed by atoms with Crippen LogP contribution < -0.4 is 5.14 Å². The van der Waals surface area contributed by atoms with Gasteiger partial charge >= 0.3 is 0 Å². The van der Waals surface area contributed by atoms with Crippen molar-refractivity contribution in [2.75, 3.05) is 0 Å². The highest BCUT2D eigenvalue weighted by molar-refractivity contribution is 7.89. The van der Waals surface area contributed by atoms with Gasteiger partial charge < -0.3 is 0 Å². The van der Waals surface area contributed by atoms with E-state index in [-0.39, 0.29) is 22.0 Å². The Morgan fingerprint density at radius 1 is 1.07 bits per heavy atom. The first-order valence-electron chi connectivity index (χ1n) is 7.24. The summed E-state index contributed by atoms with van der Waals surface area (Å²) in [6, 6.07) is 8.30. The summed E-state index contributed by atoms with van der Waals surface area (Å²) in [6.45, 7) is 0. The smallest absolute Gasteiger partial charge is 0.233 e. The SMILES string of the molecule is NS(=O)(=O)c1c(F)cc(-c2cc(C(F)F)nn2-c2cccc(Cl)c2)cc1F. The van der Waals surface area contributed by atoms with Crippen molar-refractivity contribution >= 4 is 21.6 Å². The van der Waals surface area contributed by atoms with Crippen molar-refractivity contribution in [1.29, 1.82) is 0 Å². The largest absolute Gasteiger partial charge is 0.282 e. The number of primary sulfonamides is 1. The number of halogens is 5. The molecular weight excluding hydrogens is 410 g/mol. The van der Waals surface area contributed by atoms with E-state index in [1.807, 2.05) is 0 Å². The molecular formula is C16H10ClF4N3O2S. The number of sulfonamides is 1. The van der Waals surface area contributed by atoms with E-state index in [9.17, 15) is 26.0 Å². The van der Waals surface area contributed by atoms with Gasteiger partial charge in [0.15, 0.2) is 4.90 Å². The Hall–Kier alpha value is -2.43. The molecule has 0 spiro atoms. The lowest BCUT2D eigenvalue weighted by molar-refractivity contribution is 0.145. The van der Waals surface area contributed by atoms with Gasteiger partial charge in [0.25, 0.3) is 6.43 Å². The zero-order valence-electron chi connectivity index (χ0n) is 13.2. The average molecular weight is 420 g/mol. The van der Waals surface area contributed by atoms with Gasteiger partial charge in [-0.25, -0.2) is 35.8 Å². The third-order valence-electron chi connectivity index (χ3n) is 3.58. The number of nitrogens with zero attached hydrogens (tertiary/aromatic N) is 2. The molecule has 1 aromatic heterocycles. The molecule has 0 aliphatic heterocycles. The van der Waals surface area contributed by atoms with Gasteiger partial charge in [-0.15, -0.1) is 0 Å². The van der Waals surface area contributed by atoms with Gasteiger partial charge in [0.05, 0.1) is 11.4 Å². The Labute approximate surface area is 156 Å². The average Bonchev–Trinajstić information content (AvgIpc) is 2.98. The van der Waals surface area contributed by atoms with Crippen LogP contribution in [0.15, 0.2) is 47.4 Å². The summed E-state index contributed by atoms with van der Waals surface area (Å²) < 4.78 is 78.2. The van der Waals surface area contributed by atoms with E-state index in [1.54, 1.807) is 6.07 Å². The molecule has 0 aliphatic rings. The van der Waals surface area contributed by atoms with Crippen LogP contribution in [0.1, 0.15) is 12.1 Å². The quantitative estimate of drug-likeness (QED) is 0.648. The Balaban J connectivity index is 2.26. The molecule has 0 saturated heterocycles. The molecule has 0 unspecified atom stereocenters. The fraction of sp³-hybridized carbons (Fsp3) is 0.0625. The first-order chi connectivity index (χ1) is 12.6. The Kier molecular flexibility index (Phi) is 4.98. The standard InChI is InChI=1S/C16H10ClF4N3O2S/c17-9-2-1-3-10(6-9)24-14(7-13(23-24)16(20)21)8-4-11(18)15(12(19)5-8)27(22,25)26/h1-7,16H,(H2,22,25,26). The fourth-order valence-corrected chi connectivity index (χ4v) is 3.34. The maximum absolute atomic E-state index is 14.2. The minimum atomic E-state index is -4.65. The van der Waals surface area contributed by atoms with Crippen molar-refractivity contribution in [3.8, 4) is 16.9 Å². The molecule has 2 N–H and O–H groups in total. The van der Waals surface area contributed by atoms with Gasteiger partial charge in [-0.2, -0.15) is 5.10 Å². The van der Waals surface area contributed by atoms with Crippen molar-refractivity contribution in [3.05, 3.63) is 64.8 Å². The zero-order chi connectivity index (χ0) is 19.9. The lowest BCUT2D eigenvalue weighted by Gasteiger charge is -2.10. The summed E-state index contributed by atoms with van der Waals surface area (Å²) in [7, 11) is -4.65. The molecule has 3 aromatic rings. The van der Waals surface area contributed by atoms with E-state index in [0.717, 1.165) is 10.7 Å². The van der Waals surface area contributed by atoms with Crippen LogP contribution in [0.5, 0.6) is 0 Å². The highest BCUT2D eigenvalue weighted by atomic mass is 35.5. The summed E-state index contributed by atoms with van der Waals surface area (Å²) in [4.78, 5) is -1.31. The summed E-state index contributed by atoms with van der Waals surface area (Å²) >= 11 is 5.89. The number of benzene rings is 2. The highest BCUT2D eigenvalue weighted by Crippen LogP contribution is 2.31. The molecule has 27 heavy (non-hydrogen) atoms. The normalized spacial score (nSPS) is 12.0. The number of nitrogens with two attached hydrogens (primary N) is 1. The van der Waals surface area contributed by atoms with E-state index in [0.29, 0.717) is 12.1 Å². The second-order valence-corrected chi connectivity index (χ2v) is 7.40. The summed E-state index contributed by atoms with van der Waals surface area (Å²) in [5.74, 6) is -2.91. The third kappa shape index (κ3) is 3.82. The van der Waals surface area contributed by atoms with Crippen LogP contribution in [0.4, 0.5) is 17.6 Å². The second kappa shape index (κ2) is 6.95. The summed E-state index contributed by atoms with van der Waals surface area (Å²) in [5.41, 5.74) is -0.676. The van der Waals surface area contributed by atoms with Gasteiger partial charge in [-0.3, -0.25) is 0 Å². The molecule has 142 valence electrons. The maximum Gasteiger partial charge on any atom is 0.282 e. The predicted molar refractivity (Wildman–Crippen MR) is 90.3 cm³/mol. The van der Waals surface area contributed by atoms with Crippen molar-refractivity contribution in [1.82, 2.24) is 9.78 Å². The van der Waals surface area contributed by atoms with Crippen LogP contribution in [0, 0.1) is 11.6 Å². The molecule has 3 rings (SSSR count). The van der Waals surface area contributed by atoms with Crippen molar-refractivity contribution in [3.63, 3.8) is 0 Å². The number of alkyl halides is 2. The molecule has 0 bridgehead atoms. The molecule has 0 radical (unpaired) electrons.